The third-order valence-corrected chi connectivity index (χ3v) is 7.53. The summed E-state index contributed by atoms with van der Waals surface area (Å²) < 4.78 is 0.884. The Bertz CT molecular complexity index is 1140. The van der Waals surface area contributed by atoms with Crippen LogP contribution in [0, 0.1) is 0 Å². The molecule has 0 spiro atoms. The fourth-order valence-electron chi connectivity index (χ4n) is 3.40. The molecule has 0 radical (unpaired) electrons. The predicted octanol–water partition coefficient (Wildman–Crippen LogP) is 2.66. The van der Waals surface area contributed by atoms with Crippen molar-refractivity contribution in [2.45, 2.75) is 18.3 Å². The van der Waals surface area contributed by atoms with Gasteiger partial charge in [-0.05, 0) is 36.1 Å². The standard InChI is InChI=1S/C19H16ClN3O5S2/c1-8-7-29-18-14(17(25)23(18)15(8)19(26)27)21-16(24)13(22-28-2)12-5-9-3-4-10(20)6-11(9)30-12/h3-6,14,18H,7H2,1-2H3,(H,21,24)(H,26,27)/b22-13+/t14?,18-/m1/s1. The van der Waals surface area contributed by atoms with Crippen molar-refractivity contribution in [3.05, 3.63) is 45.4 Å². The van der Waals surface area contributed by atoms with E-state index in [1.165, 1.54) is 35.1 Å². The van der Waals surface area contributed by atoms with E-state index in [2.05, 4.69) is 10.5 Å². The second-order valence-corrected chi connectivity index (χ2v) is 9.34. The Balaban J connectivity index is 1.57. The summed E-state index contributed by atoms with van der Waals surface area (Å²) in [6, 6.07) is 6.35. The molecule has 2 N–H and O–H groups in total. The van der Waals surface area contributed by atoms with Crippen LogP contribution in [-0.4, -0.2) is 57.8 Å². The number of thioether (sulfide) groups is 1. The minimum atomic E-state index is -1.15. The van der Waals surface area contributed by atoms with Gasteiger partial charge in [0.1, 0.15) is 24.2 Å². The van der Waals surface area contributed by atoms with Gasteiger partial charge in [-0.3, -0.25) is 14.5 Å². The lowest BCUT2D eigenvalue weighted by molar-refractivity contribution is -0.150. The van der Waals surface area contributed by atoms with Gasteiger partial charge in [-0.2, -0.15) is 0 Å². The molecule has 3 heterocycles. The van der Waals surface area contributed by atoms with Gasteiger partial charge in [0.15, 0.2) is 5.71 Å². The summed E-state index contributed by atoms with van der Waals surface area (Å²) in [5, 5.41) is 17.0. The van der Waals surface area contributed by atoms with Crippen LogP contribution < -0.4 is 5.32 Å². The lowest BCUT2D eigenvalue weighted by Gasteiger charge is -2.49. The summed E-state index contributed by atoms with van der Waals surface area (Å²) in [7, 11) is 1.33. The molecule has 1 fully saturated rings. The maximum absolute atomic E-state index is 12.9. The number of hydrogen-bond acceptors (Lipinski definition) is 7. The monoisotopic (exact) mass is 465 g/mol. The number of benzene rings is 1. The van der Waals surface area contributed by atoms with E-state index in [1.807, 2.05) is 6.07 Å². The van der Waals surface area contributed by atoms with E-state index in [0.717, 1.165) is 10.1 Å². The second-order valence-electron chi connectivity index (χ2n) is 6.71. The number of nitrogens with zero attached hydrogens (tertiary/aromatic N) is 2. The summed E-state index contributed by atoms with van der Waals surface area (Å²) in [6.45, 7) is 1.68. The van der Waals surface area contributed by atoms with Crippen molar-refractivity contribution < 1.29 is 24.3 Å². The molecule has 1 unspecified atom stereocenters. The average Bonchev–Trinajstić information content (AvgIpc) is 3.12. The van der Waals surface area contributed by atoms with E-state index < -0.39 is 29.2 Å². The second kappa shape index (κ2) is 7.93. The molecular formula is C19H16ClN3O5S2. The Morgan fingerprint density at radius 1 is 1.37 bits per heavy atom. The number of fused-ring (bicyclic) bond motifs is 2. The highest BCUT2D eigenvalue weighted by atomic mass is 35.5. The van der Waals surface area contributed by atoms with Crippen LogP contribution in [0.25, 0.3) is 10.1 Å². The molecule has 0 aliphatic carbocycles. The van der Waals surface area contributed by atoms with Crippen molar-refractivity contribution in [2.24, 2.45) is 5.16 Å². The number of aliphatic carboxylic acids is 1. The minimum Gasteiger partial charge on any atom is -0.477 e. The van der Waals surface area contributed by atoms with Crippen LogP contribution in [0.5, 0.6) is 0 Å². The van der Waals surface area contributed by atoms with Crippen LogP contribution in [-0.2, 0) is 19.2 Å². The fourth-order valence-corrected chi connectivity index (χ4v) is 6.01. The van der Waals surface area contributed by atoms with Gasteiger partial charge < -0.3 is 15.3 Å². The molecule has 0 bridgehead atoms. The highest BCUT2D eigenvalue weighted by molar-refractivity contribution is 8.00. The zero-order valence-electron chi connectivity index (χ0n) is 15.8. The molecule has 1 aromatic carbocycles. The SMILES string of the molecule is CO/N=C(/C(=O)NC1C(=O)N2C(C(=O)O)=C(C)CS[C@H]12)c1cc2ccc(Cl)cc2s1. The highest BCUT2D eigenvalue weighted by Crippen LogP contribution is 2.40. The van der Waals surface area contributed by atoms with Crippen molar-refractivity contribution in [1.82, 2.24) is 10.2 Å². The number of carbonyl (C=O) groups is 3. The van der Waals surface area contributed by atoms with Crippen LogP contribution in [0.15, 0.2) is 40.7 Å². The molecule has 30 heavy (non-hydrogen) atoms. The number of carbonyl (C=O) groups excluding carboxylic acids is 2. The minimum absolute atomic E-state index is 0.0126. The quantitative estimate of drug-likeness (QED) is 0.399. The van der Waals surface area contributed by atoms with Gasteiger partial charge in [-0.15, -0.1) is 23.1 Å². The number of nitrogens with one attached hydrogen (secondary N) is 1. The third kappa shape index (κ3) is 3.44. The van der Waals surface area contributed by atoms with Crippen LogP contribution in [0.4, 0.5) is 0 Å². The average molecular weight is 466 g/mol. The van der Waals surface area contributed by atoms with E-state index in [0.29, 0.717) is 21.2 Å². The first-order valence-electron chi connectivity index (χ1n) is 8.81. The molecule has 8 nitrogen and oxygen atoms in total. The number of carboxylic acid groups (broad SMARTS) is 1. The van der Waals surface area contributed by atoms with Gasteiger partial charge in [-0.25, -0.2) is 4.79 Å². The number of rotatable bonds is 5. The van der Waals surface area contributed by atoms with Crippen molar-refractivity contribution in [3.63, 3.8) is 0 Å². The smallest absolute Gasteiger partial charge is 0.352 e. The van der Waals surface area contributed by atoms with Crippen molar-refractivity contribution in [3.8, 4) is 0 Å². The number of carboxylic acids is 1. The maximum Gasteiger partial charge on any atom is 0.352 e. The summed E-state index contributed by atoms with van der Waals surface area (Å²) in [6.07, 6.45) is 0. The van der Waals surface area contributed by atoms with Gasteiger partial charge in [0.25, 0.3) is 11.8 Å². The highest BCUT2D eigenvalue weighted by Gasteiger charge is 2.54. The van der Waals surface area contributed by atoms with Gasteiger partial charge in [0.2, 0.25) is 0 Å². The number of amides is 2. The van der Waals surface area contributed by atoms with Gasteiger partial charge >= 0.3 is 5.97 Å². The topological polar surface area (TPSA) is 108 Å². The van der Waals surface area contributed by atoms with Crippen molar-refractivity contribution in [2.75, 3.05) is 12.9 Å². The number of oxime groups is 1. The summed E-state index contributed by atoms with van der Waals surface area (Å²) in [5.41, 5.74) is 0.640. The Hall–Kier alpha value is -2.56. The van der Waals surface area contributed by atoms with Crippen LogP contribution in [0.2, 0.25) is 5.02 Å². The van der Waals surface area contributed by atoms with Gasteiger partial charge in [0.05, 0.1) is 4.88 Å². The fraction of sp³-hybridized carbons (Fsp3) is 0.263. The lowest BCUT2D eigenvalue weighted by atomic mass is 10.0. The molecule has 1 saturated heterocycles. The molecule has 0 saturated carbocycles. The first-order chi connectivity index (χ1) is 14.3. The zero-order chi connectivity index (χ0) is 21.6. The van der Waals surface area contributed by atoms with Crippen LogP contribution >= 0.6 is 34.7 Å². The largest absolute Gasteiger partial charge is 0.477 e. The molecule has 4 rings (SSSR count). The Morgan fingerprint density at radius 2 is 2.13 bits per heavy atom. The molecule has 11 heteroatoms. The summed E-state index contributed by atoms with van der Waals surface area (Å²) in [4.78, 5) is 43.7. The van der Waals surface area contributed by atoms with E-state index >= 15 is 0 Å². The summed E-state index contributed by atoms with van der Waals surface area (Å²) >= 11 is 8.77. The van der Waals surface area contributed by atoms with Gasteiger partial charge in [0, 0.05) is 15.5 Å². The van der Waals surface area contributed by atoms with E-state index in [1.54, 1.807) is 25.1 Å². The number of β-lactam (4-membered cyclic amide) rings is 1. The number of hydrogen-bond donors (Lipinski definition) is 2. The summed E-state index contributed by atoms with van der Waals surface area (Å²) in [5.74, 6) is -1.71. The van der Waals surface area contributed by atoms with E-state index in [4.69, 9.17) is 16.4 Å². The zero-order valence-corrected chi connectivity index (χ0v) is 18.2. The predicted molar refractivity (Wildman–Crippen MR) is 116 cm³/mol. The van der Waals surface area contributed by atoms with Crippen LogP contribution in [0.3, 0.4) is 0 Å². The maximum atomic E-state index is 12.9. The molecular weight excluding hydrogens is 450 g/mol. The molecule has 156 valence electrons. The van der Waals surface area contributed by atoms with Gasteiger partial charge in [-0.1, -0.05) is 22.8 Å². The molecule has 2 aliphatic rings. The van der Waals surface area contributed by atoms with Crippen LogP contribution in [0.1, 0.15) is 11.8 Å². The first kappa shape index (κ1) is 20.7. The van der Waals surface area contributed by atoms with E-state index in [9.17, 15) is 19.5 Å². The Labute approximate surface area is 184 Å². The molecule has 2 aliphatic heterocycles. The van der Waals surface area contributed by atoms with E-state index in [-0.39, 0.29) is 11.4 Å². The molecule has 2 atom stereocenters. The third-order valence-electron chi connectivity index (χ3n) is 4.76. The number of halogens is 1. The lowest BCUT2D eigenvalue weighted by Crippen LogP contribution is -2.71. The normalized spacial score (nSPS) is 21.4. The first-order valence-corrected chi connectivity index (χ1v) is 11.1. The molecule has 1 aromatic heterocycles. The van der Waals surface area contributed by atoms with Crippen molar-refractivity contribution in [1.29, 1.82) is 0 Å². The van der Waals surface area contributed by atoms with Crippen molar-refractivity contribution >= 4 is 68.3 Å². The molecule has 2 amide bonds. The number of thiophene rings is 1. The Morgan fingerprint density at radius 3 is 2.83 bits per heavy atom. The molecule has 2 aromatic rings. The Kier molecular flexibility index (Phi) is 5.48.